The van der Waals surface area contributed by atoms with Crippen LogP contribution in [0.2, 0.25) is 0 Å². The van der Waals surface area contributed by atoms with Crippen molar-refractivity contribution in [3.63, 3.8) is 0 Å². The van der Waals surface area contributed by atoms with Crippen LogP contribution in [0, 0.1) is 0 Å². The fourth-order valence-corrected chi connectivity index (χ4v) is 4.32. The van der Waals surface area contributed by atoms with Crippen LogP contribution in [0.5, 0.6) is 5.75 Å². The highest BCUT2D eigenvalue weighted by molar-refractivity contribution is 7.84. The van der Waals surface area contributed by atoms with E-state index in [1.165, 1.54) is 0 Å². The predicted molar refractivity (Wildman–Crippen MR) is 112 cm³/mol. The van der Waals surface area contributed by atoms with Gasteiger partial charge in [-0.25, -0.2) is 14.4 Å². The minimum absolute atomic E-state index is 0.264. The summed E-state index contributed by atoms with van der Waals surface area (Å²) in [5.74, 6) is -0.187. The summed E-state index contributed by atoms with van der Waals surface area (Å²) in [6.07, 6.45) is 0.679. The number of carbonyl (C=O) groups excluding carboxylic acids is 1. The van der Waals surface area contributed by atoms with Crippen molar-refractivity contribution in [2.45, 2.75) is 19.4 Å². The van der Waals surface area contributed by atoms with E-state index < -0.39 is 18.9 Å². The molecule has 1 N–H and O–H groups in total. The van der Waals surface area contributed by atoms with Crippen molar-refractivity contribution in [3.8, 4) is 5.75 Å². The summed E-state index contributed by atoms with van der Waals surface area (Å²) >= 11 is 6.21. The molecule has 2 atom stereocenters. The molecule has 3 aromatic carbocycles. The van der Waals surface area contributed by atoms with Gasteiger partial charge in [-0.05, 0) is 23.4 Å². The van der Waals surface area contributed by atoms with E-state index in [1.54, 1.807) is 36.4 Å². The van der Waals surface area contributed by atoms with Gasteiger partial charge in [0.25, 0.3) is 0 Å². The number of carbonyl (C=O) groups is 1. The van der Waals surface area contributed by atoms with Crippen molar-refractivity contribution in [2.24, 2.45) is 0 Å². The molecule has 0 amide bonds. The van der Waals surface area contributed by atoms with Gasteiger partial charge < -0.3 is 9.26 Å². The highest BCUT2D eigenvalue weighted by atomic mass is 35.7. The number of fused-ring (bicyclic) bond motifs is 1. The SMILES string of the molecule is CCCOC(=O)C(NP(=O)(Cl)Oc1cccc2ccccc12)c1ccccc1. The monoisotopic (exact) mass is 417 g/mol. The van der Waals surface area contributed by atoms with Crippen LogP contribution in [-0.2, 0) is 14.1 Å². The molecular weight excluding hydrogens is 397 g/mol. The van der Waals surface area contributed by atoms with E-state index in [2.05, 4.69) is 5.09 Å². The molecule has 0 saturated heterocycles. The van der Waals surface area contributed by atoms with Crippen molar-refractivity contribution in [3.05, 3.63) is 78.4 Å². The van der Waals surface area contributed by atoms with E-state index in [4.69, 9.17) is 20.5 Å². The second kappa shape index (κ2) is 9.24. The molecule has 2 unspecified atom stereocenters. The van der Waals surface area contributed by atoms with Crippen molar-refractivity contribution in [1.29, 1.82) is 0 Å². The molecule has 0 bridgehead atoms. The van der Waals surface area contributed by atoms with Crippen LogP contribution in [0.3, 0.4) is 0 Å². The Morgan fingerprint density at radius 1 is 1.04 bits per heavy atom. The number of esters is 1. The van der Waals surface area contributed by atoms with Gasteiger partial charge in [-0.1, -0.05) is 73.7 Å². The fourth-order valence-electron chi connectivity index (χ4n) is 2.78. The van der Waals surface area contributed by atoms with Crippen LogP contribution in [0.25, 0.3) is 10.8 Å². The molecule has 0 aliphatic rings. The first-order valence-corrected chi connectivity index (χ1v) is 11.5. The van der Waals surface area contributed by atoms with Gasteiger partial charge in [-0.3, -0.25) is 0 Å². The minimum Gasteiger partial charge on any atom is -0.464 e. The lowest BCUT2D eigenvalue weighted by Gasteiger charge is -2.22. The van der Waals surface area contributed by atoms with Gasteiger partial charge in [0.05, 0.1) is 6.61 Å². The van der Waals surface area contributed by atoms with E-state index in [0.717, 1.165) is 10.8 Å². The maximum absolute atomic E-state index is 13.0. The van der Waals surface area contributed by atoms with E-state index in [9.17, 15) is 9.36 Å². The average Bonchev–Trinajstić information content (AvgIpc) is 2.71. The molecule has 28 heavy (non-hydrogen) atoms. The number of rotatable bonds is 8. The standard InChI is InChI=1S/C21H21ClNO4P/c1-2-15-26-21(24)20(17-10-4-3-5-11-17)23-28(22,25)27-19-14-8-12-16-9-6-7-13-18(16)19/h3-14,20H,2,15H2,1H3,(H,23,25). The van der Waals surface area contributed by atoms with E-state index in [0.29, 0.717) is 17.7 Å². The number of hydrogen-bond acceptors (Lipinski definition) is 4. The Kier molecular flexibility index (Phi) is 6.74. The van der Waals surface area contributed by atoms with Crippen LogP contribution in [-0.4, -0.2) is 12.6 Å². The van der Waals surface area contributed by atoms with Crippen LogP contribution in [0.1, 0.15) is 24.9 Å². The first kappa shape index (κ1) is 20.4. The van der Waals surface area contributed by atoms with Crippen LogP contribution in [0.15, 0.2) is 72.8 Å². The number of benzene rings is 3. The zero-order valence-electron chi connectivity index (χ0n) is 15.4. The zero-order chi connectivity index (χ0) is 20.0. The molecule has 3 rings (SSSR count). The summed E-state index contributed by atoms with van der Waals surface area (Å²) < 4.78 is 23.9. The normalized spacial score (nSPS) is 14.2. The van der Waals surface area contributed by atoms with E-state index >= 15 is 0 Å². The molecule has 0 heterocycles. The maximum atomic E-state index is 13.0. The van der Waals surface area contributed by atoms with Gasteiger partial charge in [0.2, 0.25) is 0 Å². The largest absolute Gasteiger partial charge is 0.464 e. The van der Waals surface area contributed by atoms with Crippen LogP contribution >= 0.6 is 18.1 Å². The second-order valence-electron chi connectivity index (χ2n) is 6.19. The van der Waals surface area contributed by atoms with Crippen molar-refractivity contribution < 1.29 is 18.6 Å². The van der Waals surface area contributed by atoms with Gasteiger partial charge in [0, 0.05) is 16.6 Å². The van der Waals surface area contributed by atoms with Crippen LogP contribution in [0.4, 0.5) is 0 Å². The van der Waals surface area contributed by atoms with Gasteiger partial charge in [0.1, 0.15) is 11.8 Å². The number of halogens is 1. The van der Waals surface area contributed by atoms with Gasteiger partial charge in [-0.2, -0.15) is 0 Å². The topological polar surface area (TPSA) is 64.6 Å². The highest BCUT2D eigenvalue weighted by Gasteiger charge is 2.32. The second-order valence-corrected chi connectivity index (χ2v) is 8.92. The molecule has 7 heteroatoms. The molecule has 3 aromatic rings. The Bertz CT molecular complexity index is 991. The molecule has 0 saturated carbocycles. The Labute approximate surface area is 168 Å². The summed E-state index contributed by atoms with van der Waals surface area (Å²) in [6, 6.07) is 20.8. The number of nitrogens with one attached hydrogen (secondary N) is 1. The molecule has 0 fully saturated rings. The Morgan fingerprint density at radius 3 is 2.46 bits per heavy atom. The molecular formula is C21H21ClNO4P. The third-order valence-corrected chi connectivity index (χ3v) is 5.56. The zero-order valence-corrected chi connectivity index (χ0v) is 17.0. The van der Waals surface area contributed by atoms with E-state index in [-0.39, 0.29) is 6.61 Å². The maximum Gasteiger partial charge on any atom is 0.410 e. The predicted octanol–water partition coefficient (Wildman–Crippen LogP) is 5.85. The summed E-state index contributed by atoms with van der Waals surface area (Å²) in [7, 11) is 0. The lowest BCUT2D eigenvalue weighted by molar-refractivity contribution is -0.145. The molecule has 146 valence electrons. The smallest absolute Gasteiger partial charge is 0.410 e. The van der Waals surface area contributed by atoms with Crippen molar-refractivity contribution in [1.82, 2.24) is 5.09 Å². The lowest BCUT2D eigenvalue weighted by Crippen LogP contribution is -2.28. The first-order chi connectivity index (χ1) is 13.5. The third-order valence-electron chi connectivity index (χ3n) is 4.07. The Hall–Kier alpha value is -2.33. The van der Waals surface area contributed by atoms with Crippen molar-refractivity contribution in [2.75, 3.05) is 6.61 Å². The fraction of sp³-hybridized carbons (Fsp3) is 0.190. The summed E-state index contributed by atoms with van der Waals surface area (Å²) in [5, 5.41) is 4.36. The molecule has 0 aliphatic carbocycles. The molecule has 0 spiro atoms. The van der Waals surface area contributed by atoms with Gasteiger partial charge in [0.15, 0.2) is 0 Å². The summed E-state index contributed by atoms with van der Waals surface area (Å²) in [4.78, 5) is 12.5. The highest BCUT2D eigenvalue weighted by Crippen LogP contribution is 2.51. The van der Waals surface area contributed by atoms with Crippen LogP contribution < -0.4 is 9.61 Å². The lowest BCUT2D eigenvalue weighted by atomic mass is 10.1. The Morgan fingerprint density at radius 2 is 1.71 bits per heavy atom. The van der Waals surface area contributed by atoms with Gasteiger partial charge >= 0.3 is 12.8 Å². The molecule has 0 aliphatic heterocycles. The number of hydrogen-bond donors (Lipinski definition) is 1. The first-order valence-electron chi connectivity index (χ1n) is 8.96. The number of ether oxygens (including phenoxy) is 1. The van der Waals surface area contributed by atoms with Crippen molar-refractivity contribution >= 4 is 34.9 Å². The minimum atomic E-state index is -3.90. The van der Waals surface area contributed by atoms with E-state index in [1.807, 2.05) is 43.3 Å². The summed E-state index contributed by atoms with van der Waals surface area (Å²) in [5.41, 5.74) is 0.589. The Balaban J connectivity index is 1.86. The molecule has 5 nitrogen and oxygen atoms in total. The molecule has 0 aromatic heterocycles. The van der Waals surface area contributed by atoms with Gasteiger partial charge in [-0.15, -0.1) is 0 Å². The molecule has 0 radical (unpaired) electrons. The summed E-state index contributed by atoms with van der Waals surface area (Å²) in [6.45, 7) is -1.74. The average molecular weight is 418 g/mol. The third kappa shape index (κ3) is 5.14. The quantitative estimate of drug-likeness (QED) is 0.368.